The molecule has 0 spiro atoms. The third-order valence-corrected chi connectivity index (χ3v) is 4.50. The molecular formula is C12H14N2O2S. The van der Waals surface area contributed by atoms with E-state index in [1.165, 1.54) is 11.3 Å². The zero-order chi connectivity index (χ0) is 12.0. The number of thiophene rings is 1. The maximum absolute atomic E-state index is 12.3. The lowest BCUT2D eigenvalue weighted by molar-refractivity contribution is -0.127. The summed E-state index contributed by atoms with van der Waals surface area (Å²) in [7, 11) is 1.84. The molecule has 4 nitrogen and oxygen atoms in total. The monoisotopic (exact) mass is 250 g/mol. The number of rotatable bonds is 1. The minimum Gasteiger partial charge on any atom is -0.341 e. The van der Waals surface area contributed by atoms with Gasteiger partial charge in [0.1, 0.15) is 0 Å². The van der Waals surface area contributed by atoms with Crippen LogP contribution in [0.15, 0.2) is 16.8 Å². The smallest absolute Gasteiger partial charge is 0.255 e. The highest BCUT2D eigenvalue weighted by Crippen LogP contribution is 2.32. The second-order valence-electron chi connectivity index (χ2n) is 4.64. The Kier molecular flexibility index (Phi) is 2.43. The van der Waals surface area contributed by atoms with Gasteiger partial charge in [0.05, 0.1) is 17.6 Å². The SMILES string of the molecule is CN1C(=O)C[C@H]2[C@H]1CCN2C(=O)c1ccsc1. The molecule has 1 aromatic rings. The number of hydrogen-bond acceptors (Lipinski definition) is 3. The van der Waals surface area contributed by atoms with Gasteiger partial charge in [-0.15, -0.1) is 0 Å². The number of likely N-dealkylation sites (N-methyl/N-ethyl adjacent to an activating group) is 1. The fourth-order valence-electron chi connectivity index (χ4n) is 2.85. The highest BCUT2D eigenvalue weighted by molar-refractivity contribution is 7.08. The van der Waals surface area contributed by atoms with Crippen LogP contribution >= 0.6 is 11.3 Å². The van der Waals surface area contributed by atoms with Gasteiger partial charge in [-0.3, -0.25) is 9.59 Å². The number of carbonyl (C=O) groups is 2. The molecule has 2 aliphatic heterocycles. The Bertz CT molecular complexity index is 457. The van der Waals surface area contributed by atoms with Gasteiger partial charge in [0.15, 0.2) is 0 Å². The molecule has 2 aliphatic rings. The topological polar surface area (TPSA) is 40.6 Å². The molecule has 0 radical (unpaired) electrons. The maximum atomic E-state index is 12.3. The van der Waals surface area contributed by atoms with Crippen molar-refractivity contribution < 1.29 is 9.59 Å². The average molecular weight is 250 g/mol. The standard InChI is InChI=1S/C12H14N2O2S/c1-13-9-2-4-14(10(9)6-11(13)15)12(16)8-3-5-17-7-8/h3,5,7,9-10H,2,4,6H2,1H3/t9-,10+/m1/s1. The second-order valence-corrected chi connectivity index (χ2v) is 5.42. The Labute approximate surface area is 104 Å². The Morgan fingerprint density at radius 2 is 2.29 bits per heavy atom. The molecule has 2 saturated heterocycles. The third-order valence-electron chi connectivity index (χ3n) is 3.81. The molecule has 0 bridgehead atoms. The van der Waals surface area contributed by atoms with Crippen molar-refractivity contribution in [3.8, 4) is 0 Å². The van der Waals surface area contributed by atoms with E-state index in [9.17, 15) is 9.59 Å². The normalized spacial score (nSPS) is 27.7. The van der Waals surface area contributed by atoms with Crippen molar-refractivity contribution in [1.29, 1.82) is 0 Å². The molecule has 2 atom stereocenters. The van der Waals surface area contributed by atoms with E-state index in [2.05, 4.69) is 0 Å². The summed E-state index contributed by atoms with van der Waals surface area (Å²) in [5.74, 6) is 0.227. The van der Waals surface area contributed by atoms with Gasteiger partial charge in [-0.25, -0.2) is 0 Å². The second kappa shape index (κ2) is 3.84. The Balaban J connectivity index is 1.83. The molecule has 0 aliphatic carbocycles. The van der Waals surface area contributed by atoms with Crippen molar-refractivity contribution in [2.75, 3.05) is 13.6 Å². The summed E-state index contributed by atoms with van der Waals surface area (Å²) in [5.41, 5.74) is 0.748. The molecular weight excluding hydrogens is 236 g/mol. The first-order chi connectivity index (χ1) is 8.18. The number of hydrogen-bond donors (Lipinski definition) is 0. The highest BCUT2D eigenvalue weighted by atomic mass is 32.1. The van der Waals surface area contributed by atoms with Crippen LogP contribution in [0.3, 0.4) is 0 Å². The Morgan fingerprint density at radius 3 is 3.00 bits per heavy atom. The van der Waals surface area contributed by atoms with Gasteiger partial charge in [-0.2, -0.15) is 11.3 Å². The zero-order valence-electron chi connectivity index (χ0n) is 9.63. The largest absolute Gasteiger partial charge is 0.341 e. The van der Waals surface area contributed by atoms with E-state index in [1.807, 2.05) is 28.8 Å². The number of likely N-dealkylation sites (tertiary alicyclic amines) is 2. The van der Waals surface area contributed by atoms with E-state index in [1.54, 1.807) is 4.90 Å². The van der Waals surface area contributed by atoms with Crippen LogP contribution in [0, 0.1) is 0 Å². The molecule has 17 heavy (non-hydrogen) atoms. The van der Waals surface area contributed by atoms with E-state index in [0.29, 0.717) is 6.42 Å². The average Bonchev–Trinajstić information content (AvgIpc) is 2.99. The molecule has 0 aromatic carbocycles. The quantitative estimate of drug-likeness (QED) is 0.751. The molecule has 2 amide bonds. The molecule has 1 aromatic heterocycles. The summed E-state index contributed by atoms with van der Waals surface area (Å²) in [6, 6.07) is 2.16. The van der Waals surface area contributed by atoms with Crippen LogP contribution in [0.4, 0.5) is 0 Å². The van der Waals surface area contributed by atoms with Gasteiger partial charge in [0, 0.05) is 25.4 Å². The maximum Gasteiger partial charge on any atom is 0.255 e. The fraction of sp³-hybridized carbons (Fsp3) is 0.500. The molecule has 5 heteroatoms. The first-order valence-electron chi connectivity index (χ1n) is 5.77. The molecule has 0 unspecified atom stereocenters. The molecule has 0 N–H and O–H groups in total. The van der Waals surface area contributed by atoms with Crippen LogP contribution in [0.1, 0.15) is 23.2 Å². The van der Waals surface area contributed by atoms with Crippen molar-refractivity contribution in [3.05, 3.63) is 22.4 Å². The summed E-state index contributed by atoms with van der Waals surface area (Å²) in [4.78, 5) is 27.6. The van der Waals surface area contributed by atoms with Gasteiger partial charge >= 0.3 is 0 Å². The van der Waals surface area contributed by atoms with Crippen LogP contribution < -0.4 is 0 Å². The molecule has 3 rings (SSSR count). The lowest BCUT2D eigenvalue weighted by Crippen LogP contribution is -2.38. The lowest BCUT2D eigenvalue weighted by Gasteiger charge is -2.23. The third kappa shape index (κ3) is 1.57. The van der Waals surface area contributed by atoms with Crippen LogP contribution in [0.5, 0.6) is 0 Å². The van der Waals surface area contributed by atoms with Gasteiger partial charge in [-0.05, 0) is 17.9 Å². The van der Waals surface area contributed by atoms with E-state index in [0.717, 1.165) is 18.5 Å². The van der Waals surface area contributed by atoms with Crippen molar-refractivity contribution in [3.63, 3.8) is 0 Å². The lowest BCUT2D eigenvalue weighted by atomic mass is 10.1. The predicted octanol–water partition coefficient (Wildman–Crippen LogP) is 1.19. The predicted molar refractivity (Wildman–Crippen MR) is 64.9 cm³/mol. The number of fused-ring (bicyclic) bond motifs is 1. The van der Waals surface area contributed by atoms with Crippen LogP contribution in [-0.2, 0) is 4.79 Å². The van der Waals surface area contributed by atoms with Crippen LogP contribution in [-0.4, -0.2) is 47.3 Å². The van der Waals surface area contributed by atoms with Crippen molar-refractivity contribution in [1.82, 2.24) is 9.80 Å². The van der Waals surface area contributed by atoms with Gasteiger partial charge < -0.3 is 9.80 Å². The first kappa shape index (κ1) is 10.8. The van der Waals surface area contributed by atoms with Crippen LogP contribution in [0.25, 0.3) is 0 Å². The zero-order valence-corrected chi connectivity index (χ0v) is 10.4. The van der Waals surface area contributed by atoms with E-state index >= 15 is 0 Å². The number of amides is 2. The summed E-state index contributed by atoms with van der Waals surface area (Å²) < 4.78 is 0. The summed E-state index contributed by atoms with van der Waals surface area (Å²) in [5, 5.41) is 3.78. The van der Waals surface area contributed by atoms with Gasteiger partial charge in [-0.1, -0.05) is 0 Å². The minimum absolute atomic E-state index is 0.0712. The van der Waals surface area contributed by atoms with Crippen molar-refractivity contribution in [2.24, 2.45) is 0 Å². The van der Waals surface area contributed by atoms with E-state index in [4.69, 9.17) is 0 Å². The van der Waals surface area contributed by atoms with E-state index < -0.39 is 0 Å². The van der Waals surface area contributed by atoms with Crippen LogP contribution in [0.2, 0.25) is 0 Å². The van der Waals surface area contributed by atoms with Crippen molar-refractivity contribution >= 4 is 23.2 Å². The number of carbonyl (C=O) groups excluding carboxylic acids is 2. The fourth-order valence-corrected chi connectivity index (χ4v) is 3.48. The van der Waals surface area contributed by atoms with Gasteiger partial charge in [0.2, 0.25) is 5.91 Å². The Hall–Kier alpha value is -1.36. The first-order valence-corrected chi connectivity index (χ1v) is 6.71. The number of nitrogens with zero attached hydrogens (tertiary/aromatic N) is 2. The Morgan fingerprint density at radius 1 is 1.47 bits per heavy atom. The minimum atomic E-state index is 0.0712. The summed E-state index contributed by atoms with van der Waals surface area (Å²) >= 11 is 1.53. The molecule has 0 saturated carbocycles. The van der Waals surface area contributed by atoms with E-state index in [-0.39, 0.29) is 23.9 Å². The molecule has 3 heterocycles. The van der Waals surface area contributed by atoms with Crippen molar-refractivity contribution in [2.45, 2.75) is 24.9 Å². The molecule has 90 valence electrons. The molecule has 2 fully saturated rings. The van der Waals surface area contributed by atoms with Gasteiger partial charge in [0.25, 0.3) is 5.91 Å². The summed E-state index contributed by atoms with van der Waals surface area (Å²) in [6.07, 6.45) is 1.39. The summed E-state index contributed by atoms with van der Waals surface area (Å²) in [6.45, 7) is 0.766. The highest BCUT2D eigenvalue weighted by Gasteiger charge is 2.46.